The van der Waals surface area contributed by atoms with E-state index in [1.807, 2.05) is 6.92 Å². The third-order valence-corrected chi connectivity index (χ3v) is 6.03. The van der Waals surface area contributed by atoms with Crippen LogP contribution in [0.1, 0.15) is 47.9 Å². The van der Waals surface area contributed by atoms with Crippen molar-refractivity contribution in [2.45, 2.75) is 44.9 Å². The van der Waals surface area contributed by atoms with E-state index in [1.54, 1.807) is 0 Å². The fourth-order valence-electron chi connectivity index (χ4n) is 4.53. The largest absolute Gasteiger partial charge is 0.207 e. The van der Waals surface area contributed by atoms with E-state index >= 15 is 4.39 Å². The molecule has 1 aliphatic rings. The van der Waals surface area contributed by atoms with Gasteiger partial charge in [-0.05, 0) is 66.5 Å². The van der Waals surface area contributed by atoms with E-state index in [0.717, 1.165) is 18.2 Å². The highest BCUT2D eigenvalue weighted by atomic mass is 19.2. The molecular weight excluding hydrogens is 433 g/mol. The molecule has 168 valence electrons. The van der Waals surface area contributed by atoms with E-state index in [4.69, 9.17) is 0 Å². The van der Waals surface area contributed by atoms with Crippen molar-refractivity contribution < 1.29 is 30.7 Å². The summed E-state index contributed by atoms with van der Waals surface area (Å²) in [6.07, 6.45) is 0.824. The van der Waals surface area contributed by atoms with Gasteiger partial charge < -0.3 is 0 Å². The van der Waals surface area contributed by atoms with E-state index in [1.165, 1.54) is 12.1 Å². The molecular formula is C25H19F7. The molecule has 0 radical (unpaired) electrons. The van der Waals surface area contributed by atoms with Crippen molar-refractivity contribution in [3.8, 4) is 11.1 Å². The van der Waals surface area contributed by atoms with Crippen LogP contribution < -0.4 is 0 Å². The monoisotopic (exact) mass is 452 g/mol. The zero-order valence-electron chi connectivity index (χ0n) is 17.1. The lowest BCUT2D eigenvalue weighted by atomic mass is 9.78. The summed E-state index contributed by atoms with van der Waals surface area (Å²) in [7, 11) is 0. The van der Waals surface area contributed by atoms with Gasteiger partial charge in [-0.2, -0.15) is 0 Å². The summed E-state index contributed by atoms with van der Waals surface area (Å²) in [5, 5.41) is 0. The average Bonchev–Trinajstić information content (AvgIpc) is 2.75. The molecule has 1 aliphatic carbocycles. The number of hydrogen-bond acceptors (Lipinski definition) is 0. The number of benzene rings is 3. The minimum Gasteiger partial charge on any atom is -0.207 e. The summed E-state index contributed by atoms with van der Waals surface area (Å²) in [5.74, 6) is -9.46. The van der Waals surface area contributed by atoms with Crippen LogP contribution in [0.4, 0.5) is 30.7 Å². The summed E-state index contributed by atoms with van der Waals surface area (Å²) in [6.45, 7) is 1.87. The zero-order valence-corrected chi connectivity index (χ0v) is 17.1. The Bertz CT molecular complexity index is 1180. The molecule has 32 heavy (non-hydrogen) atoms. The fraction of sp³-hybridized carbons (Fsp3) is 0.280. The van der Waals surface area contributed by atoms with E-state index in [0.29, 0.717) is 18.4 Å². The molecule has 1 unspecified atom stereocenters. The van der Waals surface area contributed by atoms with E-state index in [2.05, 4.69) is 0 Å². The van der Waals surface area contributed by atoms with Crippen molar-refractivity contribution in [1.29, 1.82) is 0 Å². The first-order valence-electron chi connectivity index (χ1n) is 10.3. The molecule has 0 bridgehead atoms. The van der Waals surface area contributed by atoms with Gasteiger partial charge in [0.1, 0.15) is 17.5 Å². The Morgan fingerprint density at radius 1 is 0.781 bits per heavy atom. The predicted octanol–water partition coefficient (Wildman–Crippen LogP) is 7.55. The maximum atomic E-state index is 15.2. The van der Waals surface area contributed by atoms with Crippen LogP contribution in [0.25, 0.3) is 11.1 Å². The molecule has 0 fully saturated rings. The summed E-state index contributed by atoms with van der Waals surface area (Å²) in [5.41, 5.74) is -2.00. The Kier molecular flexibility index (Phi) is 6.01. The van der Waals surface area contributed by atoms with Gasteiger partial charge in [0.05, 0.1) is 5.56 Å². The lowest BCUT2D eigenvalue weighted by molar-refractivity contribution is 0.441. The van der Waals surface area contributed by atoms with Crippen LogP contribution in [0, 0.1) is 40.7 Å². The van der Waals surface area contributed by atoms with Gasteiger partial charge in [-0.15, -0.1) is 0 Å². The highest BCUT2D eigenvalue weighted by molar-refractivity contribution is 5.68. The van der Waals surface area contributed by atoms with Gasteiger partial charge in [-0.1, -0.05) is 25.5 Å². The SMILES string of the molecule is CCCc1cc(F)c(C2CCc3c(F)c(-c4cccc(F)c4F)c(F)c(F)c3C2)c(F)c1. The minimum absolute atomic E-state index is 0.0844. The number of hydrogen-bond donors (Lipinski definition) is 0. The average molecular weight is 452 g/mol. The number of rotatable bonds is 4. The number of aryl methyl sites for hydroxylation is 1. The van der Waals surface area contributed by atoms with Gasteiger partial charge in [-0.25, -0.2) is 30.7 Å². The Labute approximate surface area is 180 Å². The number of fused-ring (bicyclic) bond motifs is 1. The van der Waals surface area contributed by atoms with Crippen molar-refractivity contribution in [2.24, 2.45) is 0 Å². The molecule has 3 aromatic rings. The van der Waals surface area contributed by atoms with Crippen LogP contribution in [0.15, 0.2) is 30.3 Å². The summed E-state index contributed by atoms with van der Waals surface area (Å²) in [6, 6.07) is 5.26. The minimum atomic E-state index is -1.66. The van der Waals surface area contributed by atoms with E-state index < -0.39 is 57.8 Å². The topological polar surface area (TPSA) is 0 Å². The van der Waals surface area contributed by atoms with Crippen LogP contribution in [0.2, 0.25) is 0 Å². The van der Waals surface area contributed by atoms with E-state index in [-0.39, 0.29) is 36.0 Å². The number of halogens is 7. The maximum absolute atomic E-state index is 15.2. The van der Waals surface area contributed by atoms with Crippen LogP contribution >= 0.6 is 0 Å². The predicted molar refractivity (Wildman–Crippen MR) is 107 cm³/mol. The smallest absolute Gasteiger partial charge is 0.169 e. The molecule has 7 heteroatoms. The maximum Gasteiger partial charge on any atom is 0.169 e. The van der Waals surface area contributed by atoms with Crippen molar-refractivity contribution in [1.82, 2.24) is 0 Å². The van der Waals surface area contributed by atoms with Crippen molar-refractivity contribution >= 4 is 0 Å². The molecule has 4 rings (SSSR count). The first-order chi connectivity index (χ1) is 15.2. The first kappa shape index (κ1) is 22.4. The molecule has 0 amide bonds. The zero-order chi connectivity index (χ0) is 23.2. The molecule has 0 spiro atoms. The molecule has 0 N–H and O–H groups in total. The summed E-state index contributed by atoms with van der Waals surface area (Å²) >= 11 is 0. The second-order valence-electron chi connectivity index (χ2n) is 8.04. The van der Waals surface area contributed by atoms with Crippen molar-refractivity contribution in [3.05, 3.63) is 93.3 Å². The van der Waals surface area contributed by atoms with Gasteiger partial charge in [-0.3, -0.25) is 0 Å². The van der Waals surface area contributed by atoms with Gasteiger partial charge in [0.15, 0.2) is 23.3 Å². The second-order valence-corrected chi connectivity index (χ2v) is 8.04. The Hall–Kier alpha value is -2.83. The van der Waals surface area contributed by atoms with Crippen LogP contribution in [0.5, 0.6) is 0 Å². The molecule has 0 heterocycles. The normalized spacial score (nSPS) is 15.7. The standard InChI is InChI=1S/C25H19F7/c1-2-4-12-9-18(27)20(19(28)10-12)13-7-8-14-16(11-13)24(31)25(32)21(23(14)30)15-5-3-6-17(26)22(15)29/h3,5-6,9-10,13H,2,4,7-8,11H2,1H3. The van der Waals surface area contributed by atoms with Crippen LogP contribution in [-0.2, 0) is 19.3 Å². The second kappa shape index (κ2) is 8.60. The molecule has 0 saturated heterocycles. The quantitative estimate of drug-likeness (QED) is 0.283. The van der Waals surface area contributed by atoms with E-state index in [9.17, 15) is 26.3 Å². The Morgan fingerprint density at radius 2 is 1.47 bits per heavy atom. The molecule has 0 nitrogen and oxygen atoms in total. The lowest BCUT2D eigenvalue weighted by Crippen LogP contribution is -2.20. The third-order valence-electron chi connectivity index (χ3n) is 6.03. The Morgan fingerprint density at radius 3 is 2.12 bits per heavy atom. The first-order valence-corrected chi connectivity index (χ1v) is 10.3. The molecule has 0 aliphatic heterocycles. The lowest BCUT2D eigenvalue weighted by Gasteiger charge is -2.28. The van der Waals surface area contributed by atoms with Crippen LogP contribution in [-0.4, -0.2) is 0 Å². The summed E-state index contributed by atoms with van der Waals surface area (Å²) < 4.78 is 102. The highest BCUT2D eigenvalue weighted by Gasteiger charge is 2.34. The third kappa shape index (κ3) is 3.67. The van der Waals surface area contributed by atoms with Crippen molar-refractivity contribution in [3.63, 3.8) is 0 Å². The van der Waals surface area contributed by atoms with Gasteiger partial charge in [0.25, 0.3) is 0 Å². The highest BCUT2D eigenvalue weighted by Crippen LogP contribution is 2.42. The molecule has 0 aromatic heterocycles. The van der Waals surface area contributed by atoms with Crippen LogP contribution in [0.3, 0.4) is 0 Å². The molecule has 3 aromatic carbocycles. The molecule has 1 atom stereocenters. The summed E-state index contributed by atoms with van der Waals surface area (Å²) in [4.78, 5) is 0. The Balaban J connectivity index is 1.78. The molecule has 0 saturated carbocycles. The van der Waals surface area contributed by atoms with Crippen molar-refractivity contribution in [2.75, 3.05) is 0 Å². The van der Waals surface area contributed by atoms with Gasteiger partial charge >= 0.3 is 0 Å². The van der Waals surface area contributed by atoms with Gasteiger partial charge in [0, 0.05) is 11.1 Å². The fourth-order valence-corrected chi connectivity index (χ4v) is 4.53. The van der Waals surface area contributed by atoms with Gasteiger partial charge in [0.2, 0.25) is 0 Å².